The molecule has 0 saturated carbocycles. The molecular formula is C10H10ClN3S. The van der Waals surface area contributed by atoms with E-state index in [0.29, 0.717) is 16.6 Å². The lowest BCUT2D eigenvalue weighted by Crippen LogP contribution is -2.39. The minimum absolute atomic E-state index is 0.00343. The molecule has 3 nitrogen and oxygen atoms in total. The highest BCUT2D eigenvalue weighted by Gasteiger charge is 2.23. The summed E-state index contributed by atoms with van der Waals surface area (Å²) >= 11 is 11.3. The van der Waals surface area contributed by atoms with E-state index in [-0.39, 0.29) is 5.92 Å². The lowest BCUT2D eigenvalue weighted by Gasteiger charge is -2.26. The normalized spacial score (nSPS) is 20.8. The van der Waals surface area contributed by atoms with E-state index in [4.69, 9.17) is 29.7 Å². The number of hydrazine groups is 1. The summed E-state index contributed by atoms with van der Waals surface area (Å²) in [5.41, 5.74) is 0.983. The second-order valence-corrected chi connectivity index (χ2v) is 4.18. The summed E-state index contributed by atoms with van der Waals surface area (Å²) in [5.74, 6) is 5.66. The van der Waals surface area contributed by atoms with Crippen LogP contribution in [0.5, 0.6) is 0 Å². The Morgan fingerprint density at radius 2 is 2.20 bits per heavy atom. The van der Waals surface area contributed by atoms with Crippen molar-refractivity contribution in [2.75, 3.05) is 6.54 Å². The third-order valence-electron chi connectivity index (χ3n) is 2.31. The second kappa shape index (κ2) is 4.26. The van der Waals surface area contributed by atoms with E-state index in [0.717, 1.165) is 5.56 Å². The van der Waals surface area contributed by atoms with Crippen molar-refractivity contribution in [2.45, 2.75) is 5.92 Å². The van der Waals surface area contributed by atoms with Gasteiger partial charge in [-0.1, -0.05) is 42.0 Å². The SMILES string of the molecule is NN1C=NC(=S)C(c2ccccc2Cl)C1. The standard InChI is InChI=1S/C10H10ClN3S/c11-9-4-2-1-3-7(9)8-5-14(12)6-13-10(8)15/h1-4,6,8H,5,12H2. The molecule has 2 N–H and O–H groups in total. The Kier molecular flexibility index (Phi) is 3.00. The van der Waals surface area contributed by atoms with Crippen LogP contribution in [0.4, 0.5) is 0 Å². The minimum atomic E-state index is 0.00343. The fourth-order valence-corrected chi connectivity index (χ4v) is 2.06. The van der Waals surface area contributed by atoms with Gasteiger partial charge >= 0.3 is 0 Å². The van der Waals surface area contributed by atoms with Gasteiger partial charge in [-0.3, -0.25) is 5.01 Å². The van der Waals surface area contributed by atoms with Crippen molar-refractivity contribution >= 4 is 35.1 Å². The van der Waals surface area contributed by atoms with Crippen molar-refractivity contribution < 1.29 is 0 Å². The fourth-order valence-electron chi connectivity index (χ4n) is 1.55. The third-order valence-corrected chi connectivity index (χ3v) is 3.04. The first-order valence-electron chi connectivity index (χ1n) is 4.52. The molecule has 2 rings (SSSR count). The molecule has 78 valence electrons. The molecule has 1 aliphatic heterocycles. The average molecular weight is 240 g/mol. The second-order valence-electron chi connectivity index (χ2n) is 3.35. The van der Waals surface area contributed by atoms with Crippen LogP contribution in [0.25, 0.3) is 0 Å². The van der Waals surface area contributed by atoms with Gasteiger partial charge in [0, 0.05) is 11.6 Å². The van der Waals surface area contributed by atoms with Crippen LogP contribution in [0.2, 0.25) is 5.02 Å². The number of benzene rings is 1. The van der Waals surface area contributed by atoms with Crippen molar-refractivity contribution in [2.24, 2.45) is 10.8 Å². The molecule has 0 aliphatic carbocycles. The van der Waals surface area contributed by atoms with Crippen molar-refractivity contribution in [3.05, 3.63) is 34.9 Å². The van der Waals surface area contributed by atoms with Crippen LogP contribution in [-0.4, -0.2) is 22.9 Å². The predicted molar refractivity (Wildman–Crippen MR) is 66.2 cm³/mol. The molecule has 1 unspecified atom stereocenters. The number of aliphatic imine (C=N–C) groups is 1. The number of rotatable bonds is 1. The first-order valence-corrected chi connectivity index (χ1v) is 5.31. The van der Waals surface area contributed by atoms with Crippen LogP contribution in [0.3, 0.4) is 0 Å². The summed E-state index contributed by atoms with van der Waals surface area (Å²) in [6.45, 7) is 0.617. The van der Waals surface area contributed by atoms with E-state index in [2.05, 4.69) is 4.99 Å². The summed E-state index contributed by atoms with van der Waals surface area (Å²) < 4.78 is 0. The number of nitrogens with two attached hydrogens (primary N) is 1. The molecule has 0 aromatic heterocycles. The zero-order valence-corrected chi connectivity index (χ0v) is 9.50. The lowest BCUT2D eigenvalue weighted by molar-refractivity contribution is 0.437. The van der Waals surface area contributed by atoms with Crippen LogP contribution in [0, 0.1) is 0 Å². The summed E-state index contributed by atoms with van der Waals surface area (Å²) in [4.78, 5) is 4.69. The maximum absolute atomic E-state index is 6.10. The molecule has 0 saturated heterocycles. The Bertz CT molecular complexity index is 419. The smallest absolute Gasteiger partial charge is 0.114 e. The molecule has 0 amide bonds. The molecule has 1 aliphatic rings. The summed E-state index contributed by atoms with van der Waals surface area (Å²) in [5, 5.41) is 2.22. The van der Waals surface area contributed by atoms with Gasteiger partial charge < -0.3 is 0 Å². The number of hydrogen-bond donors (Lipinski definition) is 1. The van der Waals surface area contributed by atoms with Gasteiger partial charge in [0.25, 0.3) is 0 Å². The Morgan fingerprint density at radius 3 is 2.93 bits per heavy atom. The first kappa shape index (κ1) is 10.5. The zero-order valence-electron chi connectivity index (χ0n) is 7.93. The van der Waals surface area contributed by atoms with Crippen LogP contribution in [0.1, 0.15) is 11.5 Å². The molecule has 1 aromatic rings. The number of thiocarbonyl (C=S) groups is 1. The molecule has 0 spiro atoms. The van der Waals surface area contributed by atoms with E-state index < -0.39 is 0 Å². The van der Waals surface area contributed by atoms with E-state index in [1.165, 1.54) is 11.3 Å². The monoisotopic (exact) mass is 239 g/mol. The molecule has 0 fully saturated rings. The van der Waals surface area contributed by atoms with Gasteiger partial charge in [0.1, 0.15) is 11.3 Å². The van der Waals surface area contributed by atoms with Gasteiger partial charge in [-0.15, -0.1) is 0 Å². The Morgan fingerprint density at radius 1 is 1.47 bits per heavy atom. The molecule has 1 atom stereocenters. The van der Waals surface area contributed by atoms with Crippen LogP contribution < -0.4 is 5.84 Å². The van der Waals surface area contributed by atoms with Crippen LogP contribution in [-0.2, 0) is 0 Å². The molecule has 1 heterocycles. The first-order chi connectivity index (χ1) is 7.18. The Balaban J connectivity index is 2.35. The Hall–Kier alpha value is -0.970. The van der Waals surface area contributed by atoms with Crippen LogP contribution >= 0.6 is 23.8 Å². The summed E-state index contributed by atoms with van der Waals surface area (Å²) in [7, 11) is 0. The predicted octanol–water partition coefficient (Wildman–Crippen LogP) is 1.97. The van der Waals surface area contributed by atoms with E-state index in [1.807, 2.05) is 24.3 Å². The average Bonchev–Trinajstić information content (AvgIpc) is 2.23. The third kappa shape index (κ3) is 2.17. The van der Waals surface area contributed by atoms with Crippen molar-refractivity contribution in [1.82, 2.24) is 5.01 Å². The van der Waals surface area contributed by atoms with Gasteiger partial charge in [0.05, 0.1) is 5.92 Å². The van der Waals surface area contributed by atoms with Crippen molar-refractivity contribution in [3.8, 4) is 0 Å². The van der Waals surface area contributed by atoms with Gasteiger partial charge in [0.2, 0.25) is 0 Å². The van der Waals surface area contributed by atoms with Crippen molar-refractivity contribution in [1.29, 1.82) is 0 Å². The molecular weight excluding hydrogens is 230 g/mol. The number of hydrogen-bond acceptors (Lipinski definition) is 3. The highest BCUT2D eigenvalue weighted by atomic mass is 35.5. The van der Waals surface area contributed by atoms with E-state index in [9.17, 15) is 0 Å². The highest BCUT2D eigenvalue weighted by Crippen LogP contribution is 2.27. The fraction of sp³-hybridized carbons (Fsp3) is 0.200. The zero-order chi connectivity index (χ0) is 10.8. The van der Waals surface area contributed by atoms with Gasteiger partial charge in [0.15, 0.2) is 0 Å². The highest BCUT2D eigenvalue weighted by molar-refractivity contribution is 7.80. The largest absolute Gasteiger partial charge is 0.300 e. The molecule has 0 bridgehead atoms. The maximum atomic E-state index is 6.10. The molecule has 15 heavy (non-hydrogen) atoms. The maximum Gasteiger partial charge on any atom is 0.114 e. The number of halogens is 1. The quantitative estimate of drug-likeness (QED) is 0.602. The topological polar surface area (TPSA) is 41.6 Å². The molecule has 0 radical (unpaired) electrons. The molecule has 5 heteroatoms. The Labute approximate surface area is 98.5 Å². The van der Waals surface area contributed by atoms with Crippen LogP contribution in [0.15, 0.2) is 29.3 Å². The van der Waals surface area contributed by atoms with E-state index >= 15 is 0 Å². The number of nitrogens with zero attached hydrogens (tertiary/aromatic N) is 2. The van der Waals surface area contributed by atoms with Gasteiger partial charge in [-0.25, -0.2) is 10.8 Å². The van der Waals surface area contributed by atoms with Gasteiger partial charge in [-0.05, 0) is 11.6 Å². The molecule has 1 aromatic carbocycles. The summed E-state index contributed by atoms with van der Waals surface area (Å²) in [6, 6.07) is 7.62. The minimum Gasteiger partial charge on any atom is -0.300 e. The van der Waals surface area contributed by atoms with Gasteiger partial charge in [-0.2, -0.15) is 0 Å². The van der Waals surface area contributed by atoms with Crippen molar-refractivity contribution in [3.63, 3.8) is 0 Å². The lowest BCUT2D eigenvalue weighted by atomic mass is 9.98. The van der Waals surface area contributed by atoms with E-state index in [1.54, 1.807) is 0 Å². The summed E-state index contributed by atoms with van der Waals surface area (Å²) in [6.07, 6.45) is 1.54.